The molecule has 16 heavy (non-hydrogen) atoms. The second-order valence-corrected chi connectivity index (χ2v) is 4.56. The molecule has 1 rings (SSSR count). The van der Waals surface area contributed by atoms with Crippen LogP contribution >= 0.6 is 15.9 Å². The van der Waals surface area contributed by atoms with E-state index in [4.69, 9.17) is 5.73 Å². The van der Waals surface area contributed by atoms with E-state index in [2.05, 4.69) is 21.2 Å². The van der Waals surface area contributed by atoms with E-state index in [1.165, 1.54) is 6.07 Å². The van der Waals surface area contributed by atoms with Crippen molar-refractivity contribution in [2.24, 2.45) is 5.73 Å². The van der Waals surface area contributed by atoms with Gasteiger partial charge in [0.05, 0.1) is 4.47 Å². The lowest BCUT2D eigenvalue weighted by Crippen LogP contribution is -2.29. The summed E-state index contributed by atoms with van der Waals surface area (Å²) in [7, 11) is 0. The first kappa shape index (κ1) is 13.1. The molecule has 1 unspecified atom stereocenters. The molecule has 0 aliphatic carbocycles. The van der Waals surface area contributed by atoms with Crippen LogP contribution in [-0.2, 0) is 11.3 Å². The molecule has 0 fully saturated rings. The van der Waals surface area contributed by atoms with Crippen molar-refractivity contribution in [3.8, 4) is 0 Å². The predicted molar refractivity (Wildman–Crippen MR) is 64.2 cm³/mol. The van der Waals surface area contributed by atoms with Crippen molar-refractivity contribution in [1.29, 1.82) is 0 Å². The second kappa shape index (κ2) is 5.96. The number of hydrogen-bond acceptors (Lipinski definition) is 2. The molecule has 88 valence electrons. The molecule has 0 radical (unpaired) electrons. The fourth-order valence-corrected chi connectivity index (χ4v) is 1.46. The molecule has 0 aliphatic heterocycles. The summed E-state index contributed by atoms with van der Waals surface area (Å²) in [5, 5.41) is 2.68. The van der Waals surface area contributed by atoms with Gasteiger partial charge >= 0.3 is 0 Å². The van der Waals surface area contributed by atoms with Gasteiger partial charge < -0.3 is 11.1 Å². The first-order chi connectivity index (χ1) is 7.49. The van der Waals surface area contributed by atoms with E-state index in [1.807, 2.05) is 0 Å². The monoisotopic (exact) mass is 288 g/mol. The standard InChI is InChI=1S/C11H14BrFN2O/c1-7(14)4-11(16)15-6-8-2-3-9(12)10(13)5-8/h2-3,5,7H,4,6,14H2,1H3,(H,15,16). The molecule has 0 bridgehead atoms. The van der Waals surface area contributed by atoms with Gasteiger partial charge in [-0.1, -0.05) is 6.07 Å². The van der Waals surface area contributed by atoms with Gasteiger partial charge in [-0.2, -0.15) is 0 Å². The highest BCUT2D eigenvalue weighted by molar-refractivity contribution is 9.10. The van der Waals surface area contributed by atoms with E-state index < -0.39 is 0 Å². The van der Waals surface area contributed by atoms with Crippen molar-refractivity contribution < 1.29 is 9.18 Å². The number of rotatable bonds is 4. The Morgan fingerprint density at radius 1 is 1.62 bits per heavy atom. The largest absolute Gasteiger partial charge is 0.352 e. The minimum atomic E-state index is -0.334. The third-order valence-electron chi connectivity index (χ3n) is 1.98. The van der Waals surface area contributed by atoms with Crippen molar-refractivity contribution in [3.05, 3.63) is 34.1 Å². The van der Waals surface area contributed by atoms with Crippen LogP contribution < -0.4 is 11.1 Å². The van der Waals surface area contributed by atoms with Gasteiger partial charge in [-0.3, -0.25) is 4.79 Å². The summed E-state index contributed by atoms with van der Waals surface area (Å²) in [6.45, 7) is 2.08. The number of carbonyl (C=O) groups excluding carboxylic acids is 1. The second-order valence-electron chi connectivity index (χ2n) is 3.71. The highest BCUT2D eigenvalue weighted by Crippen LogP contribution is 2.16. The minimum absolute atomic E-state index is 0.127. The quantitative estimate of drug-likeness (QED) is 0.890. The molecule has 1 amide bonds. The van der Waals surface area contributed by atoms with Gasteiger partial charge in [0.15, 0.2) is 0 Å². The van der Waals surface area contributed by atoms with Crippen LogP contribution in [0.3, 0.4) is 0 Å². The lowest BCUT2D eigenvalue weighted by Gasteiger charge is -2.07. The fourth-order valence-electron chi connectivity index (χ4n) is 1.21. The molecular formula is C11H14BrFN2O. The Balaban J connectivity index is 2.48. The zero-order valence-corrected chi connectivity index (χ0v) is 10.6. The molecule has 3 nitrogen and oxygen atoms in total. The van der Waals surface area contributed by atoms with Crippen LogP contribution in [0.25, 0.3) is 0 Å². The van der Waals surface area contributed by atoms with E-state index >= 15 is 0 Å². The maximum Gasteiger partial charge on any atom is 0.221 e. The van der Waals surface area contributed by atoms with Crippen molar-refractivity contribution in [2.75, 3.05) is 0 Å². The van der Waals surface area contributed by atoms with E-state index in [9.17, 15) is 9.18 Å². The van der Waals surface area contributed by atoms with Crippen LogP contribution in [0, 0.1) is 5.82 Å². The third-order valence-corrected chi connectivity index (χ3v) is 2.62. The average molecular weight is 289 g/mol. The SMILES string of the molecule is CC(N)CC(=O)NCc1ccc(Br)c(F)c1. The molecule has 3 N–H and O–H groups in total. The van der Waals surface area contributed by atoms with Crippen molar-refractivity contribution >= 4 is 21.8 Å². The van der Waals surface area contributed by atoms with Crippen LogP contribution in [0.2, 0.25) is 0 Å². The first-order valence-corrected chi connectivity index (χ1v) is 5.74. The van der Waals surface area contributed by atoms with E-state index in [1.54, 1.807) is 19.1 Å². The van der Waals surface area contributed by atoms with Gasteiger partial charge in [-0.05, 0) is 40.5 Å². The van der Waals surface area contributed by atoms with E-state index in [0.717, 1.165) is 5.56 Å². The average Bonchev–Trinajstić information content (AvgIpc) is 2.19. The highest BCUT2D eigenvalue weighted by Gasteiger charge is 2.05. The summed E-state index contributed by atoms with van der Waals surface area (Å²) in [6.07, 6.45) is 0.277. The molecule has 5 heteroatoms. The summed E-state index contributed by atoms with van der Waals surface area (Å²) in [5.41, 5.74) is 6.20. The molecule has 0 aliphatic rings. The Kier molecular flexibility index (Phi) is 4.89. The van der Waals surface area contributed by atoms with Crippen molar-refractivity contribution in [2.45, 2.75) is 25.9 Å². The molecule has 0 spiro atoms. The lowest BCUT2D eigenvalue weighted by molar-refractivity contribution is -0.121. The number of carbonyl (C=O) groups is 1. The Morgan fingerprint density at radius 2 is 2.31 bits per heavy atom. The molecule has 1 atom stereocenters. The third kappa shape index (κ3) is 4.28. The summed E-state index contributed by atoms with van der Waals surface area (Å²) in [6, 6.07) is 4.58. The Morgan fingerprint density at radius 3 is 2.88 bits per heavy atom. The Hall–Kier alpha value is -0.940. The van der Waals surface area contributed by atoms with Crippen LogP contribution in [-0.4, -0.2) is 11.9 Å². The van der Waals surface area contributed by atoms with Crippen LogP contribution in [0.4, 0.5) is 4.39 Å². The molecule has 0 heterocycles. The van der Waals surface area contributed by atoms with E-state index in [0.29, 0.717) is 11.0 Å². The van der Waals surface area contributed by atoms with Gasteiger partial charge in [0.25, 0.3) is 0 Å². The lowest BCUT2D eigenvalue weighted by atomic mass is 10.2. The topological polar surface area (TPSA) is 55.1 Å². The number of halogens is 2. The number of amides is 1. The van der Waals surface area contributed by atoms with Gasteiger partial charge in [-0.15, -0.1) is 0 Å². The van der Waals surface area contributed by atoms with Crippen LogP contribution in [0.1, 0.15) is 18.9 Å². The number of nitrogens with two attached hydrogens (primary N) is 1. The highest BCUT2D eigenvalue weighted by atomic mass is 79.9. The van der Waals surface area contributed by atoms with Crippen molar-refractivity contribution in [3.63, 3.8) is 0 Å². The zero-order valence-electron chi connectivity index (χ0n) is 8.97. The minimum Gasteiger partial charge on any atom is -0.352 e. The first-order valence-electron chi connectivity index (χ1n) is 4.95. The van der Waals surface area contributed by atoms with E-state index in [-0.39, 0.29) is 24.2 Å². The summed E-state index contributed by atoms with van der Waals surface area (Å²) in [4.78, 5) is 11.3. The number of benzene rings is 1. The smallest absolute Gasteiger partial charge is 0.221 e. The molecule has 1 aromatic carbocycles. The maximum absolute atomic E-state index is 13.1. The fraction of sp³-hybridized carbons (Fsp3) is 0.364. The van der Waals surface area contributed by atoms with Gasteiger partial charge in [0.1, 0.15) is 5.82 Å². The molecule has 0 saturated carbocycles. The van der Waals surface area contributed by atoms with Gasteiger partial charge in [0, 0.05) is 19.0 Å². The Bertz CT molecular complexity index is 382. The molecule has 1 aromatic rings. The summed E-state index contributed by atoms with van der Waals surface area (Å²) in [5.74, 6) is -0.461. The van der Waals surface area contributed by atoms with Gasteiger partial charge in [-0.25, -0.2) is 4.39 Å². The maximum atomic E-state index is 13.1. The van der Waals surface area contributed by atoms with Gasteiger partial charge in [0.2, 0.25) is 5.91 Å². The van der Waals surface area contributed by atoms with Crippen molar-refractivity contribution in [1.82, 2.24) is 5.32 Å². The number of hydrogen-bond donors (Lipinski definition) is 2. The van der Waals surface area contributed by atoms with Crippen LogP contribution in [0.15, 0.2) is 22.7 Å². The molecule has 0 saturated heterocycles. The number of nitrogens with one attached hydrogen (secondary N) is 1. The summed E-state index contributed by atoms with van der Waals surface area (Å²) < 4.78 is 13.5. The zero-order chi connectivity index (χ0) is 12.1. The normalized spacial score (nSPS) is 12.2. The summed E-state index contributed by atoms with van der Waals surface area (Å²) >= 11 is 3.06. The van der Waals surface area contributed by atoms with Crippen LogP contribution in [0.5, 0.6) is 0 Å². The predicted octanol–water partition coefficient (Wildman–Crippen LogP) is 1.94. The molecular weight excluding hydrogens is 275 g/mol. The molecule has 0 aromatic heterocycles. The Labute approximate surface area is 102 Å².